The summed E-state index contributed by atoms with van der Waals surface area (Å²) in [5.41, 5.74) is 0.550. The monoisotopic (exact) mass is 272 g/mol. The zero-order valence-corrected chi connectivity index (χ0v) is 11.6. The van der Waals surface area contributed by atoms with E-state index in [1.165, 1.54) is 7.11 Å². The Morgan fingerprint density at radius 3 is 2.45 bits per heavy atom. The third-order valence-electron chi connectivity index (χ3n) is 3.80. The molecule has 0 bridgehead atoms. The Morgan fingerprint density at radius 2 is 1.95 bits per heavy atom. The average Bonchev–Trinajstić information content (AvgIpc) is 2.95. The minimum Gasteiger partial charge on any atom is -0.493 e. The molecular weight excluding hydrogens is 256 g/mol. The second kappa shape index (κ2) is 5.77. The van der Waals surface area contributed by atoms with Gasteiger partial charge in [-0.2, -0.15) is 10.3 Å². The van der Waals surface area contributed by atoms with Gasteiger partial charge in [0.15, 0.2) is 11.5 Å². The average molecular weight is 272 g/mol. The van der Waals surface area contributed by atoms with Crippen molar-refractivity contribution in [3.63, 3.8) is 0 Å². The van der Waals surface area contributed by atoms with Gasteiger partial charge in [0.2, 0.25) is 6.08 Å². The van der Waals surface area contributed by atoms with E-state index in [9.17, 15) is 4.79 Å². The lowest BCUT2D eigenvalue weighted by Gasteiger charge is -2.26. The largest absolute Gasteiger partial charge is 0.493 e. The van der Waals surface area contributed by atoms with Gasteiger partial charge in [-0.3, -0.25) is 0 Å². The Kier molecular flexibility index (Phi) is 4.07. The lowest BCUT2D eigenvalue weighted by molar-refractivity contribution is 0.337. The lowest BCUT2D eigenvalue weighted by atomic mass is 9.87. The fourth-order valence-electron chi connectivity index (χ4n) is 2.86. The van der Waals surface area contributed by atoms with Crippen molar-refractivity contribution in [3.05, 3.63) is 23.3 Å². The summed E-state index contributed by atoms with van der Waals surface area (Å²) < 4.78 is 10.7. The van der Waals surface area contributed by atoms with Crippen molar-refractivity contribution in [1.29, 1.82) is 5.26 Å². The van der Waals surface area contributed by atoms with Crippen LogP contribution in [0.2, 0.25) is 0 Å². The molecule has 1 aliphatic carbocycles. The van der Waals surface area contributed by atoms with Gasteiger partial charge in [0, 0.05) is 11.6 Å². The van der Waals surface area contributed by atoms with Gasteiger partial charge in [-0.05, 0) is 18.9 Å². The zero-order valence-electron chi connectivity index (χ0n) is 11.6. The molecule has 0 atom stereocenters. The number of benzene rings is 1. The Morgan fingerprint density at radius 1 is 1.25 bits per heavy atom. The molecule has 1 aromatic carbocycles. The predicted molar refractivity (Wildman–Crippen MR) is 72.5 cm³/mol. The quantitative estimate of drug-likeness (QED) is 0.624. The van der Waals surface area contributed by atoms with Gasteiger partial charge in [0.05, 0.1) is 25.9 Å². The molecule has 0 aliphatic heterocycles. The standard InChI is InChI=1S/C15H16N2O3/c1-19-13-8-11(9-16)7-12(14(13)20-2)15(17-10-18)5-3-4-6-15/h7-8H,3-6H2,1-2H3. The first-order chi connectivity index (χ1) is 9.70. The number of hydrogen-bond donors (Lipinski definition) is 0. The van der Waals surface area contributed by atoms with E-state index in [-0.39, 0.29) is 0 Å². The Balaban J connectivity index is 2.70. The van der Waals surface area contributed by atoms with Crippen molar-refractivity contribution in [1.82, 2.24) is 0 Å². The zero-order chi connectivity index (χ0) is 14.6. The molecule has 104 valence electrons. The van der Waals surface area contributed by atoms with Gasteiger partial charge >= 0.3 is 0 Å². The fraction of sp³-hybridized carbons (Fsp3) is 0.467. The normalized spacial score (nSPS) is 16.1. The molecule has 1 aromatic rings. The summed E-state index contributed by atoms with van der Waals surface area (Å²) in [5.74, 6) is 1.02. The third kappa shape index (κ3) is 2.26. The van der Waals surface area contributed by atoms with Crippen molar-refractivity contribution < 1.29 is 14.3 Å². The fourth-order valence-corrected chi connectivity index (χ4v) is 2.86. The smallest absolute Gasteiger partial charge is 0.235 e. The van der Waals surface area contributed by atoms with Crippen molar-refractivity contribution >= 4 is 6.08 Å². The van der Waals surface area contributed by atoms with Gasteiger partial charge in [-0.15, -0.1) is 0 Å². The third-order valence-corrected chi connectivity index (χ3v) is 3.80. The van der Waals surface area contributed by atoms with Crippen molar-refractivity contribution in [2.45, 2.75) is 31.2 Å². The molecule has 1 fully saturated rings. The maximum atomic E-state index is 10.8. The molecule has 0 aromatic heterocycles. The molecule has 2 rings (SSSR count). The van der Waals surface area contributed by atoms with Crippen LogP contribution in [0.3, 0.4) is 0 Å². The highest BCUT2D eigenvalue weighted by Crippen LogP contribution is 2.48. The van der Waals surface area contributed by atoms with Crippen molar-refractivity contribution in [2.24, 2.45) is 4.99 Å². The second-order valence-electron chi connectivity index (χ2n) is 4.81. The number of nitrogens with zero attached hydrogens (tertiary/aromatic N) is 2. The number of aliphatic imine (C=N–C) groups is 1. The van der Waals surface area contributed by atoms with Crippen LogP contribution in [0.1, 0.15) is 36.8 Å². The van der Waals surface area contributed by atoms with E-state index < -0.39 is 5.54 Å². The molecule has 1 saturated carbocycles. The molecule has 5 heteroatoms. The lowest BCUT2D eigenvalue weighted by Crippen LogP contribution is -2.20. The predicted octanol–water partition coefficient (Wildman–Crippen LogP) is 2.68. The summed E-state index contributed by atoms with van der Waals surface area (Å²) in [7, 11) is 3.06. The molecule has 0 spiro atoms. The number of hydrogen-bond acceptors (Lipinski definition) is 5. The van der Waals surface area contributed by atoms with E-state index in [0.717, 1.165) is 31.2 Å². The Hall–Kier alpha value is -2.31. The summed E-state index contributed by atoms with van der Waals surface area (Å²) in [6.45, 7) is 0. The first kappa shape index (κ1) is 14.1. The molecule has 20 heavy (non-hydrogen) atoms. The van der Waals surface area contributed by atoms with E-state index in [0.29, 0.717) is 17.1 Å². The topological polar surface area (TPSA) is 71.7 Å². The van der Waals surface area contributed by atoms with E-state index in [2.05, 4.69) is 11.1 Å². The summed E-state index contributed by atoms with van der Waals surface area (Å²) in [4.78, 5) is 14.9. The van der Waals surface area contributed by atoms with Gasteiger partial charge < -0.3 is 9.47 Å². The number of isocyanates is 1. The van der Waals surface area contributed by atoms with E-state index in [1.807, 2.05) is 0 Å². The SMILES string of the molecule is COc1cc(C#N)cc(C2(N=C=O)CCCC2)c1OC. The molecule has 0 saturated heterocycles. The number of ether oxygens (including phenoxy) is 2. The first-order valence-corrected chi connectivity index (χ1v) is 6.46. The van der Waals surface area contributed by atoms with Crippen LogP contribution in [0, 0.1) is 11.3 Å². The maximum Gasteiger partial charge on any atom is 0.235 e. The van der Waals surface area contributed by atoms with Crippen molar-refractivity contribution in [2.75, 3.05) is 14.2 Å². The molecule has 1 aliphatic rings. The number of methoxy groups -OCH3 is 2. The van der Waals surface area contributed by atoms with Crippen LogP contribution in [0.5, 0.6) is 11.5 Å². The number of carbonyl (C=O) groups excluding carboxylic acids is 1. The molecule has 5 nitrogen and oxygen atoms in total. The van der Waals surface area contributed by atoms with Gasteiger partial charge in [-0.25, -0.2) is 4.79 Å². The van der Waals surface area contributed by atoms with Crippen LogP contribution < -0.4 is 9.47 Å². The number of nitriles is 1. The van der Waals surface area contributed by atoms with Crippen LogP contribution in [0.25, 0.3) is 0 Å². The Labute approximate surface area is 117 Å². The molecular formula is C15H16N2O3. The van der Waals surface area contributed by atoms with Crippen LogP contribution in [-0.2, 0) is 10.3 Å². The number of rotatable bonds is 4. The first-order valence-electron chi connectivity index (χ1n) is 6.46. The van der Waals surface area contributed by atoms with Crippen molar-refractivity contribution in [3.8, 4) is 17.6 Å². The molecule has 0 amide bonds. The highest BCUT2D eigenvalue weighted by atomic mass is 16.5. The molecule has 0 N–H and O–H groups in total. The highest BCUT2D eigenvalue weighted by molar-refractivity contribution is 5.56. The van der Waals surface area contributed by atoms with Crippen LogP contribution in [-0.4, -0.2) is 20.3 Å². The molecule has 0 heterocycles. The summed E-state index contributed by atoms with van der Waals surface area (Å²) in [6.07, 6.45) is 5.12. The van der Waals surface area contributed by atoms with Gasteiger partial charge in [0.1, 0.15) is 5.54 Å². The minimum atomic E-state index is -0.646. The second-order valence-corrected chi connectivity index (χ2v) is 4.81. The molecule has 0 unspecified atom stereocenters. The van der Waals surface area contributed by atoms with Gasteiger partial charge in [-0.1, -0.05) is 12.8 Å². The van der Waals surface area contributed by atoms with Gasteiger partial charge in [0.25, 0.3) is 0 Å². The van der Waals surface area contributed by atoms with E-state index in [4.69, 9.17) is 14.7 Å². The van der Waals surface area contributed by atoms with Crippen LogP contribution in [0.15, 0.2) is 17.1 Å². The van der Waals surface area contributed by atoms with Crippen LogP contribution >= 0.6 is 0 Å². The maximum absolute atomic E-state index is 10.8. The highest BCUT2D eigenvalue weighted by Gasteiger charge is 2.39. The minimum absolute atomic E-state index is 0.463. The summed E-state index contributed by atoms with van der Waals surface area (Å²) in [6, 6.07) is 5.45. The summed E-state index contributed by atoms with van der Waals surface area (Å²) in [5, 5.41) is 9.15. The van der Waals surface area contributed by atoms with E-state index >= 15 is 0 Å². The molecule has 0 radical (unpaired) electrons. The van der Waals surface area contributed by atoms with E-state index in [1.54, 1.807) is 25.3 Å². The Bertz CT molecular complexity index is 592. The van der Waals surface area contributed by atoms with Crippen LogP contribution in [0.4, 0.5) is 0 Å². The summed E-state index contributed by atoms with van der Waals surface area (Å²) >= 11 is 0.